The average molecular weight is 457 g/mol. The van der Waals surface area contributed by atoms with Crippen LogP contribution in [0.3, 0.4) is 0 Å². The van der Waals surface area contributed by atoms with Crippen LogP contribution in [0.15, 0.2) is 44.4 Å². The molecule has 0 saturated carbocycles. The lowest BCUT2D eigenvalue weighted by Gasteiger charge is -2.12. The molecule has 0 atom stereocenters. The SMILES string of the molecule is NS(=O)(=O)c1cc(Br)cc(Cl)c1OCc1cncc(Br)c1. The molecule has 0 unspecified atom stereocenters. The van der Waals surface area contributed by atoms with E-state index in [0.29, 0.717) is 4.47 Å². The molecule has 0 saturated heterocycles. The first-order valence-corrected chi connectivity index (χ1v) is 9.02. The fourth-order valence-corrected chi connectivity index (χ4v) is 3.78. The lowest BCUT2D eigenvalue weighted by Crippen LogP contribution is -2.14. The minimum absolute atomic E-state index is 0.0161. The first-order chi connectivity index (χ1) is 9.77. The molecule has 1 aromatic carbocycles. The van der Waals surface area contributed by atoms with Gasteiger partial charge in [0.15, 0.2) is 5.75 Å². The molecule has 1 aromatic heterocycles. The number of hydrogen-bond acceptors (Lipinski definition) is 4. The molecule has 1 heterocycles. The van der Waals surface area contributed by atoms with E-state index < -0.39 is 10.0 Å². The Kier molecular flexibility index (Phi) is 5.26. The van der Waals surface area contributed by atoms with E-state index in [1.54, 1.807) is 18.5 Å². The zero-order valence-corrected chi connectivity index (χ0v) is 15.1. The first kappa shape index (κ1) is 16.7. The molecule has 0 radical (unpaired) electrons. The molecule has 9 heteroatoms. The van der Waals surface area contributed by atoms with Crippen molar-refractivity contribution in [3.63, 3.8) is 0 Å². The number of halogens is 3. The van der Waals surface area contributed by atoms with Gasteiger partial charge in [0.05, 0.1) is 5.02 Å². The van der Waals surface area contributed by atoms with Crippen LogP contribution in [-0.4, -0.2) is 13.4 Å². The van der Waals surface area contributed by atoms with E-state index in [-0.39, 0.29) is 22.3 Å². The van der Waals surface area contributed by atoms with Crippen molar-refractivity contribution in [2.75, 3.05) is 0 Å². The van der Waals surface area contributed by atoms with E-state index in [0.717, 1.165) is 10.0 Å². The van der Waals surface area contributed by atoms with Crippen LogP contribution in [0, 0.1) is 0 Å². The van der Waals surface area contributed by atoms with Gasteiger partial charge in [-0.05, 0) is 34.1 Å². The monoisotopic (exact) mass is 454 g/mol. The van der Waals surface area contributed by atoms with E-state index >= 15 is 0 Å². The van der Waals surface area contributed by atoms with Crippen molar-refractivity contribution in [2.24, 2.45) is 5.14 Å². The fraction of sp³-hybridized carbons (Fsp3) is 0.0833. The molecule has 0 aliphatic heterocycles. The predicted molar refractivity (Wildman–Crippen MR) is 86.8 cm³/mol. The van der Waals surface area contributed by atoms with Crippen LogP contribution in [-0.2, 0) is 16.6 Å². The zero-order chi connectivity index (χ0) is 15.6. The van der Waals surface area contributed by atoms with Crippen molar-refractivity contribution < 1.29 is 13.2 Å². The molecule has 0 aliphatic rings. The van der Waals surface area contributed by atoms with Crippen LogP contribution in [0.4, 0.5) is 0 Å². The number of primary sulfonamides is 1. The Morgan fingerprint density at radius 2 is 1.90 bits per heavy atom. The highest BCUT2D eigenvalue weighted by Gasteiger charge is 2.19. The van der Waals surface area contributed by atoms with Crippen LogP contribution < -0.4 is 9.88 Å². The standard InChI is InChI=1S/C12H9Br2ClN2O3S/c13-8-2-10(15)12(11(3-8)21(16,18)19)20-6-7-1-9(14)5-17-4-7/h1-5H,6H2,(H2,16,18,19). The van der Waals surface area contributed by atoms with Crippen LogP contribution >= 0.6 is 43.5 Å². The van der Waals surface area contributed by atoms with E-state index in [4.69, 9.17) is 21.5 Å². The van der Waals surface area contributed by atoms with Gasteiger partial charge in [-0.15, -0.1) is 0 Å². The van der Waals surface area contributed by atoms with E-state index in [9.17, 15) is 8.42 Å². The molecule has 5 nitrogen and oxygen atoms in total. The van der Waals surface area contributed by atoms with Crippen LogP contribution in [0.25, 0.3) is 0 Å². The summed E-state index contributed by atoms with van der Waals surface area (Å²) in [5.41, 5.74) is 0.753. The molecule has 0 bridgehead atoms. The molecule has 0 amide bonds. The molecule has 0 fully saturated rings. The summed E-state index contributed by atoms with van der Waals surface area (Å²) in [4.78, 5) is 3.82. The van der Waals surface area contributed by atoms with Gasteiger partial charge >= 0.3 is 0 Å². The molecule has 112 valence electrons. The Labute approximate surface area is 143 Å². The number of nitrogens with zero attached hydrogens (tertiary/aromatic N) is 1. The summed E-state index contributed by atoms with van der Waals surface area (Å²) in [7, 11) is -3.96. The van der Waals surface area contributed by atoms with Crippen LogP contribution in [0.1, 0.15) is 5.56 Å². The van der Waals surface area contributed by atoms with Gasteiger partial charge in [-0.3, -0.25) is 4.98 Å². The Bertz CT molecular complexity index is 784. The number of nitrogens with two attached hydrogens (primary N) is 1. The number of benzene rings is 1. The molecule has 0 spiro atoms. The maximum absolute atomic E-state index is 11.6. The molecule has 2 aromatic rings. The van der Waals surface area contributed by atoms with Crippen molar-refractivity contribution in [2.45, 2.75) is 11.5 Å². The Morgan fingerprint density at radius 1 is 1.19 bits per heavy atom. The Hall–Kier alpha value is -0.670. The molecule has 2 N–H and O–H groups in total. The molecule has 21 heavy (non-hydrogen) atoms. The largest absolute Gasteiger partial charge is 0.486 e. The summed E-state index contributed by atoms with van der Waals surface area (Å²) in [6.07, 6.45) is 3.24. The molecular formula is C12H9Br2ClN2O3S. The number of sulfonamides is 1. The fourth-order valence-electron chi connectivity index (χ4n) is 1.58. The van der Waals surface area contributed by atoms with Crippen molar-refractivity contribution in [1.29, 1.82) is 0 Å². The van der Waals surface area contributed by atoms with Crippen molar-refractivity contribution in [1.82, 2.24) is 4.98 Å². The van der Waals surface area contributed by atoms with Gasteiger partial charge in [0.2, 0.25) is 10.0 Å². The quantitative estimate of drug-likeness (QED) is 0.764. The van der Waals surface area contributed by atoms with Crippen molar-refractivity contribution >= 4 is 53.5 Å². The maximum Gasteiger partial charge on any atom is 0.241 e. The van der Waals surface area contributed by atoms with E-state index in [2.05, 4.69) is 36.8 Å². The van der Waals surface area contributed by atoms with Crippen molar-refractivity contribution in [3.8, 4) is 5.75 Å². The molecule has 2 rings (SSSR count). The predicted octanol–water partition coefficient (Wildman–Crippen LogP) is 3.49. The molecule has 0 aliphatic carbocycles. The van der Waals surface area contributed by atoms with E-state index in [1.165, 1.54) is 12.1 Å². The van der Waals surface area contributed by atoms with Crippen LogP contribution in [0.5, 0.6) is 5.75 Å². The average Bonchev–Trinajstić information content (AvgIpc) is 2.36. The second-order valence-corrected chi connectivity index (χ2v) is 7.83. The lowest BCUT2D eigenvalue weighted by atomic mass is 10.3. The van der Waals surface area contributed by atoms with Gasteiger partial charge in [-0.2, -0.15) is 0 Å². The summed E-state index contributed by atoms with van der Waals surface area (Å²) >= 11 is 12.5. The highest BCUT2D eigenvalue weighted by atomic mass is 79.9. The summed E-state index contributed by atoms with van der Waals surface area (Å²) < 4.78 is 30.0. The number of pyridine rings is 1. The Balaban J connectivity index is 2.36. The van der Waals surface area contributed by atoms with Gasteiger partial charge in [-0.1, -0.05) is 27.5 Å². The number of ether oxygens (including phenoxy) is 1. The summed E-state index contributed by atoms with van der Waals surface area (Å²) in [5, 5.41) is 5.33. The van der Waals surface area contributed by atoms with Crippen LogP contribution in [0.2, 0.25) is 5.02 Å². The first-order valence-electron chi connectivity index (χ1n) is 5.51. The normalized spacial score (nSPS) is 11.4. The summed E-state index contributed by atoms with van der Waals surface area (Å²) in [6.45, 7) is 0.107. The van der Waals surface area contributed by atoms with Crippen molar-refractivity contribution in [3.05, 3.63) is 50.1 Å². The topological polar surface area (TPSA) is 82.3 Å². The smallest absolute Gasteiger partial charge is 0.241 e. The third-order valence-electron chi connectivity index (χ3n) is 2.43. The third-order valence-corrected chi connectivity index (χ3v) is 4.51. The van der Waals surface area contributed by atoms with Gasteiger partial charge in [0, 0.05) is 26.9 Å². The second kappa shape index (κ2) is 6.62. The maximum atomic E-state index is 11.6. The third kappa shape index (κ3) is 4.40. The number of rotatable bonds is 4. The highest BCUT2D eigenvalue weighted by Crippen LogP contribution is 2.35. The van der Waals surface area contributed by atoms with E-state index in [1.807, 2.05) is 0 Å². The minimum Gasteiger partial charge on any atom is -0.486 e. The van der Waals surface area contributed by atoms with Gasteiger partial charge in [0.25, 0.3) is 0 Å². The number of hydrogen-bond donors (Lipinski definition) is 1. The second-order valence-electron chi connectivity index (χ2n) is 4.06. The minimum atomic E-state index is -3.96. The summed E-state index contributed by atoms with van der Waals surface area (Å²) in [6, 6.07) is 4.68. The number of aromatic nitrogens is 1. The molecular weight excluding hydrogens is 447 g/mol. The van der Waals surface area contributed by atoms with Gasteiger partial charge in [0.1, 0.15) is 11.5 Å². The lowest BCUT2D eigenvalue weighted by molar-refractivity contribution is 0.297. The Morgan fingerprint density at radius 3 is 2.52 bits per heavy atom. The van der Waals surface area contributed by atoms with Gasteiger partial charge in [-0.25, -0.2) is 13.6 Å². The zero-order valence-electron chi connectivity index (χ0n) is 10.4. The van der Waals surface area contributed by atoms with Gasteiger partial charge < -0.3 is 4.74 Å². The summed E-state index contributed by atoms with van der Waals surface area (Å²) in [5.74, 6) is 0.0161. The highest BCUT2D eigenvalue weighted by molar-refractivity contribution is 9.10.